The predicted octanol–water partition coefficient (Wildman–Crippen LogP) is 3.25. The number of rotatable bonds is 5. The Morgan fingerprint density at radius 2 is 1.80 bits per heavy atom. The second kappa shape index (κ2) is 7.29. The van der Waals surface area contributed by atoms with Gasteiger partial charge in [0.1, 0.15) is 5.60 Å². The Hall–Kier alpha value is -1.55. The van der Waals surface area contributed by atoms with Crippen LogP contribution in [-0.4, -0.2) is 24.3 Å². The van der Waals surface area contributed by atoms with Crippen molar-refractivity contribution in [3.63, 3.8) is 0 Å². The molecule has 0 spiro atoms. The zero-order chi connectivity index (χ0) is 15.2. The molecule has 4 nitrogen and oxygen atoms in total. The molecular weight excluding hydrogens is 252 g/mol. The Kier molecular flexibility index (Phi) is 6.02. The maximum atomic E-state index is 11.7. The van der Waals surface area contributed by atoms with E-state index in [0.29, 0.717) is 12.6 Å². The fraction of sp³-hybridized carbons (Fsp3) is 0.562. The van der Waals surface area contributed by atoms with Crippen molar-refractivity contribution in [2.75, 3.05) is 6.54 Å². The first-order valence-electron chi connectivity index (χ1n) is 7.06. The highest BCUT2D eigenvalue weighted by Crippen LogP contribution is 2.13. The molecule has 0 aromatic heterocycles. The molecule has 0 unspecified atom stereocenters. The minimum absolute atomic E-state index is 0.0729. The predicted molar refractivity (Wildman–Crippen MR) is 81.7 cm³/mol. The van der Waals surface area contributed by atoms with E-state index in [9.17, 15) is 4.79 Å². The highest BCUT2D eigenvalue weighted by Gasteiger charge is 2.18. The summed E-state index contributed by atoms with van der Waals surface area (Å²) in [5.41, 5.74) is 0.676. The molecule has 1 aromatic carbocycles. The van der Waals surface area contributed by atoms with Crippen LogP contribution in [0.4, 0.5) is 4.79 Å². The van der Waals surface area contributed by atoms with Gasteiger partial charge in [0.2, 0.25) is 0 Å². The van der Waals surface area contributed by atoms with E-state index in [1.807, 2.05) is 39.0 Å². The molecule has 0 aliphatic heterocycles. The first-order valence-corrected chi connectivity index (χ1v) is 7.06. The summed E-state index contributed by atoms with van der Waals surface area (Å²) in [6.07, 6.45) is -0.385. The van der Waals surface area contributed by atoms with Crippen LogP contribution in [0.1, 0.15) is 46.2 Å². The quantitative estimate of drug-likeness (QED) is 0.869. The molecule has 1 amide bonds. The van der Waals surface area contributed by atoms with Gasteiger partial charge in [-0.15, -0.1) is 0 Å². The molecule has 0 aliphatic carbocycles. The summed E-state index contributed by atoms with van der Waals surface area (Å²) in [6, 6.07) is 10.5. The number of benzene rings is 1. The zero-order valence-electron chi connectivity index (χ0n) is 13.1. The minimum Gasteiger partial charge on any atom is -0.444 e. The number of amides is 1. The van der Waals surface area contributed by atoms with Crippen LogP contribution < -0.4 is 10.6 Å². The highest BCUT2D eigenvalue weighted by molar-refractivity contribution is 5.67. The van der Waals surface area contributed by atoms with E-state index in [4.69, 9.17) is 4.74 Å². The minimum atomic E-state index is -0.474. The molecule has 0 aliphatic rings. The van der Waals surface area contributed by atoms with Gasteiger partial charge in [0, 0.05) is 18.6 Å². The van der Waals surface area contributed by atoms with Gasteiger partial charge in [-0.2, -0.15) is 0 Å². The summed E-state index contributed by atoms with van der Waals surface area (Å²) in [4.78, 5) is 11.7. The number of carbonyl (C=O) groups excluding carboxylic acids is 1. The van der Waals surface area contributed by atoms with Crippen LogP contribution in [0.3, 0.4) is 0 Å². The number of alkyl carbamates (subject to hydrolysis) is 1. The van der Waals surface area contributed by atoms with Crippen molar-refractivity contribution in [3.8, 4) is 0 Å². The lowest BCUT2D eigenvalue weighted by atomic mass is 10.1. The van der Waals surface area contributed by atoms with E-state index in [-0.39, 0.29) is 12.1 Å². The third-order valence-electron chi connectivity index (χ3n) is 2.59. The van der Waals surface area contributed by atoms with Crippen molar-refractivity contribution in [1.82, 2.24) is 10.6 Å². The molecule has 20 heavy (non-hydrogen) atoms. The SMILES string of the molecule is CC(C)N[C@@H](CNC(=O)OC(C)(C)C)c1ccccc1. The van der Waals surface area contributed by atoms with Crippen LogP contribution in [0.15, 0.2) is 30.3 Å². The van der Waals surface area contributed by atoms with Gasteiger partial charge in [-0.05, 0) is 26.3 Å². The molecule has 0 radical (unpaired) electrons. The van der Waals surface area contributed by atoms with Gasteiger partial charge >= 0.3 is 6.09 Å². The van der Waals surface area contributed by atoms with Crippen molar-refractivity contribution < 1.29 is 9.53 Å². The molecule has 0 fully saturated rings. The lowest BCUT2D eigenvalue weighted by Gasteiger charge is -2.24. The van der Waals surface area contributed by atoms with Gasteiger partial charge < -0.3 is 15.4 Å². The molecule has 0 heterocycles. The number of ether oxygens (including phenoxy) is 1. The summed E-state index contributed by atoms with van der Waals surface area (Å²) >= 11 is 0. The molecule has 2 N–H and O–H groups in total. The Labute approximate surface area is 121 Å². The molecular formula is C16H26N2O2. The number of nitrogens with one attached hydrogen (secondary N) is 2. The van der Waals surface area contributed by atoms with Crippen LogP contribution in [0, 0.1) is 0 Å². The molecule has 1 rings (SSSR count). The summed E-state index contributed by atoms with van der Waals surface area (Å²) in [6.45, 7) is 10.2. The number of carbonyl (C=O) groups is 1. The maximum absolute atomic E-state index is 11.7. The molecule has 0 saturated heterocycles. The Bertz CT molecular complexity index is 410. The average Bonchev–Trinajstić information content (AvgIpc) is 2.33. The van der Waals surface area contributed by atoms with Gasteiger partial charge in [0.15, 0.2) is 0 Å². The van der Waals surface area contributed by atoms with Crippen LogP contribution in [0.25, 0.3) is 0 Å². The third kappa shape index (κ3) is 6.57. The van der Waals surface area contributed by atoms with Crippen molar-refractivity contribution in [2.45, 2.75) is 52.3 Å². The fourth-order valence-corrected chi connectivity index (χ4v) is 1.86. The van der Waals surface area contributed by atoms with Gasteiger partial charge in [0.25, 0.3) is 0 Å². The Morgan fingerprint density at radius 3 is 2.30 bits per heavy atom. The largest absolute Gasteiger partial charge is 0.444 e. The van der Waals surface area contributed by atoms with E-state index in [1.165, 1.54) is 0 Å². The van der Waals surface area contributed by atoms with Crippen LogP contribution in [-0.2, 0) is 4.74 Å². The van der Waals surface area contributed by atoms with Crippen LogP contribution in [0.5, 0.6) is 0 Å². The topological polar surface area (TPSA) is 50.4 Å². The molecule has 112 valence electrons. The van der Waals surface area contributed by atoms with Gasteiger partial charge in [-0.3, -0.25) is 0 Å². The zero-order valence-corrected chi connectivity index (χ0v) is 13.1. The molecule has 4 heteroatoms. The van der Waals surface area contributed by atoms with Crippen molar-refractivity contribution >= 4 is 6.09 Å². The van der Waals surface area contributed by atoms with Crippen LogP contribution >= 0.6 is 0 Å². The third-order valence-corrected chi connectivity index (χ3v) is 2.59. The second-order valence-corrected chi connectivity index (χ2v) is 6.17. The van der Waals surface area contributed by atoms with E-state index in [1.54, 1.807) is 0 Å². The first-order chi connectivity index (χ1) is 9.28. The second-order valence-electron chi connectivity index (χ2n) is 6.17. The molecule has 1 atom stereocenters. The van der Waals surface area contributed by atoms with Crippen molar-refractivity contribution in [1.29, 1.82) is 0 Å². The molecule has 1 aromatic rings. The summed E-state index contributed by atoms with van der Waals surface area (Å²) < 4.78 is 5.25. The Morgan fingerprint density at radius 1 is 1.20 bits per heavy atom. The van der Waals surface area contributed by atoms with Crippen LogP contribution in [0.2, 0.25) is 0 Å². The summed E-state index contributed by atoms with van der Waals surface area (Å²) in [7, 11) is 0. The van der Waals surface area contributed by atoms with E-state index < -0.39 is 5.60 Å². The van der Waals surface area contributed by atoms with E-state index >= 15 is 0 Å². The standard InChI is InChI=1S/C16H26N2O2/c1-12(2)18-14(13-9-7-6-8-10-13)11-17-15(19)20-16(3,4)5/h6-10,12,14,18H,11H2,1-5H3,(H,17,19)/t14-/m0/s1. The smallest absolute Gasteiger partial charge is 0.407 e. The summed E-state index contributed by atoms with van der Waals surface area (Å²) in [5.74, 6) is 0. The lowest BCUT2D eigenvalue weighted by molar-refractivity contribution is 0.0522. The normalized spacial score (nSPS) is 13.1. The maximum Gasteiger partial charge on any atom is 0.407 e. The van der Waals surface area contributed by atoms with Gasteiger partial charge in [0.05, 0.1) is 0 Å². The number of hydrogen-bond donors (Lipinski definition) is 2. The average molecular weight is 278 g/mol. The summed E-state index contributed by atoms with van der Waals surface area (Å²) in [5, 5.41) is 6.26. The lowest BCUT2D eigenvalue weighted by Crippen LogP contribution is -2.40. The van der Waals surface area contributed by atoms with Gasteiger partial charge in [-0.25, -0.2) is 4.79 Å². The van der Waals surface area contributed by atoms with Crippen molar-refractivity contribution in [3.05, 3.63) is 35.9 Å². The highest BCUT2D eigenvalue weighted by atomic mass is 16.6. The molecule has 0 bridgehead atoms. The number of hydrogen-bond acceptors (Lipinski definition) is 3. The first kappa shape index (κ1) is 16.5. The monoisotopic (exact) mass is 278 g/mol. The molecule has 0 saturated carbocycles. The van der Waals surface area contributed by atoms with Gasteiger partial charge in [-0.1, -0.05) is 44.2 Å². The Balaban J connectivity index is 2.60. The van der Waals surface area contributed by atoms with E-state index in [2.05, 4.69) is 36.6 Å². The fourth-order valence-electron chi connectivity index (χ4n) is 1.86. The van der Waals surface area contributed by atoms with E-state index in [0.717, 1.165) is 5.56 Å². The van der Waals surface area contributed by atoms with Crippen molar-refractivity contribution in [2.24, 2.45) is 0 Å².